The number of aromatic nitrogens is 2. The average molecular weight is 312 g/mol. The average Bonchev–Trinajstić information content (AvgIpc) is 2.73. The zero-order valence-corrected chi connectivity index (χ0v) is 11.2. The van der Waals surface area contributed by atoms with Gasteiger partial charge in [-0.05, 0) is 41.1 Å². The van der Waals surface area contributed by atoms with Crippen molar-refractivity contribution in [2.45, 2.75) is 13.5 Å². The SMILES string of the molecule is CCn1cc(Br)cc1C(=O)Nc1ccc(F)cn1. The third-order valence-corrected chi connectivity index (χ3v) is 2.84. The van der Waals surface area contributed by atoms with Crippen molar-refractivity contribution in [3.63, 3.8) is 0 Å². The standard InChI is InChI=1S/C12H11BrFN3O/c1-2-17-7-8(13)5-10(17)12(18)16-11-4-3-9(14)6-15-11/h3-7H,2H2,1H3,(H,15,16,18). The summed E-state index contributed by atoms with van der Waals surface area (Å²) < 4.78 is 15.3. The molecule has 0 aliphatic rings. The third-order valence-electron chi connectivity index (χ3n) is 2.41. The highest BCUT2D eigenvalue weighted by Crippen LogP contribution is 2.16. The number of rotatable bonds is 3. The van der Waals surface area contributed by atoms with Crippen molar-refractivity contribution in [1.82, 2.24) is 9.55 Å². The molecule has 94 valence electrons. The summed E-state index contributed by atoms with van der Waals surface area (Å²) in [6, 6.07) is 4.39. The van der Waals surface area contributed by atoms with E-state index in [0.717, 1.165) is 10.7 Å². The van der Waals surface area contributed by atoms with Crippen LogP contribution in [0.25, 0.3) is 0 Å². The van der Waals surface area contributed by atoms with Gasteiger partial charge < -0.3 is 9.88 Å². The molecule has 4 nitrogen and oxygen atoms in total. The van der Waals surface area contributed by atoms with Crippen LogP contribution in [0.5, 0.6) is 0 Å². The number of carbonyl (C=O) groups is 1. The summed E-state index contributed by atoms with van der Waals surface area (Å²) in [6.07, 6.45) is 2.89. The van der Waals surface area contributed by atoms with Gasteiger partial charge >= 0.3 is 0 Å². The highest BCUT2D eigenvalue weighted by atomic mass is 79.9. The van der Waals surface area contributed by atoms with Gasteiger partial charge in [-0.2, -0.15) is 0 Å². The number of nitrogens with one attached hydrogen (secondary N) is 1. The fraction of sp³-hybridized carbons (Fsp3) is 0.167. The Bertz CT molecular complexity index is 565. The molecule has 0 unspecified atom stereocenters. The lowest BCUT2D eigenvalue weighted by Crippen LogP contribution is -2.17. The van der Waals surface area contributed by atoms with Gasteiger partial charge in [0.25, 0.3) is 5.91 Å². The second-order valence-electron chi connectivity index (χ2n) is 3.65. The van der Waals surface area contributed by atoms with E-state index in [2.05, 4.69) is 26.2 Å². The molecule has 18 heavy (non-hydrogen) atoms. The molecule has 2 rings (SSSR count). The number of amides is 1. The first-order valence-electron chi connectivity index (χ1n) is 5.38. The summed E-state index contributed by atoms with van der Waals surface area (Å²) in [5.41, 5.74) is 0.524. The van der Waals surface area contributed by atoms with Crippen molar-refractivity contribution in [2.75, 3.05) is 5.32 Å². The molecule has 1 N–H and O–H groups in total. The van der Waals surface area contributed by atoms with Crippen LogP contribution in [0.15, 0.2) is 35.1 Å². The van der Waals surface area contributed by atoms with Crippen LogP contribution >= 0.6 is 15.9 Å². The van der Waals surface area contributed by atoms with E-state index in [9.17, 15) is 9.18 Å². The van der Waals surface area contributed by atoms with Crippen molar-refractivity contribution in [3.05, 3.63) is 46.6 Å². The molecule has 0 aromatic carbocycles. The number of halogens is 2. The van der Waals surface area contributed by atoms with Crippen LogP contribution in [0.3, 0.4) is 0 Å². The molecule has 0 fully saturated rings. The lowest BCUT2D eigenvalue weighted by Gasteiger charge is -2.06. The van der Waals surface area contributed by atoms with Crippen LogP contribution in [0, 0.1) is 5.82 Å². The van der Waals surface area contributed by atoms with Crippen molar-refractivity contribution >= 4 is 27.7 Å². The molecule has 0 spiro atoms. The van der Waals surface area contributed by atoms with Crippen LogP contribution in [-0.4, -0.2) is 15.5 Å². The van der Waals surface area contributed by atoms with Gasteiger partial charge in [-0.25, -0.2) is 9.37 Å². The number of hydrogen-bond donors (Lipinski definition) is 1. The Hall–Kier alpha value is -1.69. The fourth-order valence-corrected chi connectivity index (χ4v) is 2.02. The first-order valence-corrected chi connectivity index (χ1v) is 6.18. The highest BCUT2D eigenvalue weighted by molar-refractivity contribution is 9.10. The maximum atomic E-state index is 12.7. The Morgan fingerprint density at radius 1 is 1.56 bits per heavy atom. The van der Waals surface area contributed by atoms with Gasteiger partial charge in [0.05, 0.1) is 6.20 Å². The predicted octanol–water partition coefficient (Wildman–Crippen LogP) is 3.06. The molecule has 0 saturated carbocycles. The van der Waals surface area contributed by atoms with Crippen molar-refractivity contribution < 1.29 is 9.18 Å². The van der Waals surface area contributed by atoms with Crippen LogP contribution in [-0.2, 0) is 6.54 Å². The van der Waals surface area contributed by atoms with Gasteiger partial charge in [-0.1, -0.05) is 0 Å². The quantitative estimate of drug-likeness (QED) is 0.947. The first-order chi connectivity index (χ1) is 8.60. The van der Waals surface area contributed by atoms with Gasteiger partial charge in [-0.3, -0.25) is 4.79 Å². The van der Waals surface area contributed by atoms with Gasteiger partial charge in [0.15, 0.2) is 0 Å². The normalized spacial score (nSPS) is 10.4. The number of carbonyl (C=O) groups excluding carboxylic acids is 1. The Morgan fingerprint density at radius 2 is 2.33 bits per heavy atom. The topological polar surface area (TPSA) is 46.9 Å². The van der Waals surface area contributed by atoms with E-state index in [0.29, 0.717) is 18.1 Å². The Morgan fingerprint density at radius 3 is 2.94 bits per heavy atom. The molecule has 6 heteroatoms. The molecule has 0 radical (unpaired) electrons. The van der Waals surface area contributed by atoms with Crippen LogP contribution in [0.4, 0.5) is 10.2 Å². The second-order valence-corrected chi connectivity index (χ2v) is 4.56. The molecule has 1 amide bonds. The molecule has 0 saturated heterocycles. The summed E-state index contributed by atoms with van der Waals surface area (Å²) >= 11 is 3.32. The summed E-state index contributed by atoms with van der Waals surface area (Å²) in [4.78, 5) is 15.8. The van der Waals surface area contributed by atoms with E-state index in [1.54, 1.807) is 6.07 Å². The van der Waals surface area contributed by atoms with Crippen molar-refractivity contribution in [2.24, 2.45) is 0 Å². The minimum atomic E-state index is -0.437. The van der Waals surface area contributed by atoms with Gasteiger partial charge in [-0.15, -0.1) is 0 Å². The lowest BCUT2D eigenvalue weighted by molar-refractivity contribution is 0.101. The number of nitrogens with zero attached hydrogens (tertiary/aromatic N) is 2. The number of hydrogen-bond acceptors (Lipinski definition) is 2. The minimum absolute atomic E-state index is 0.276. The van der Waals surface area contributed by atoms with E-state index in [4.69, 9.17) is 0 Å². The van der Waals surface area contributed by atoms with E-state index in [1.165, 1.54) is 12.1 Å². The molecule has 0 atom stereocenters. The Labute approximate surface area is 112 Å². The van der Waals surface area contributed by atoms with Gasteiger partial charge in [0.2, 0.25) is 0 Å². The van der Waals surface area contributed by atoms with Gasteiger partial charge in [0.1, 0.15) is 17.3 Å². The molecule has 2 aromatic rings. The predicted molar refractivity (Wildman–Crippen MR) is 70.0 cm³/mol. The van der Waals surface area contributed by atoms with Gasteiger partial charge in [0, 0.05) is 17.2 Å². The zero-order chi connectivity index (χ0) is 13.1. The van der Waals surface area contributed by atoms with Crippen molar-refractivity contribution in [3.8, 4) is 0 Å². The molecule has 0 bridgehead atoms. The summed E-state index contributed by atoms with van der Waals surface area (Å²) in [7, 11) is 0. The fourth-order valence-electron chi connectivity index (χ4n) is 1.56. The summed E-state index contributed by atoms with van der Waals surface area (Å²) in [5.74, 6) is -0.393. The molecule has 2 aromatic heterocycles. The third kappa shape index (κ3) is 2.76. The van der Waals surface area contributed by atoms with E-state index < -0.39 is 5.82 Å². The second kappa shape index (κ2) is 5.30. The number of aryl methyl sites for hydroxylation is 1. The lowest BCUT2D eigenvalue weighted by atomic mass is 10.3. The van der Waals surface area contributed by atoms with Crippen LogP contribution < -0.4 is 5.32 Å². The number of pyridine rings is 1. The summed E-state index contributed by atoms with van der Waals surface area (Å²) in [5, 5.41) is 2.62. The maximum Gasteiger partial charge on any atom is 0.273 e. The Kier molecular flexibility index (Phi) is 3.76. The van der Waals surface area contributed by atoms with Crippen LogP contribution in [0.2, 0.25) is 0 Å². The van der Waals surface area contributed by atoms with E-state index in [-0.39, 0.29) is 5.91 Å². The van der Waals surface area contributed by atoms with E-state index in [1.807, 2.05) is 17.7 Å². The molecular formula is C12H11BrFN3O. The largest absolute Gasteiger partial charge is 0.343 e. The highest BCUT2D eigenvalue weighted by Gasteiger charge is 2.12. The smallest absolute Gasteiger partial charge is 0.273 e. The molecular weight excluding hydrogens is 301 g/mol. The summed E-state index contributed by atoms with van der Waals surface area (Å²) in [6.45, 7) is 2.63. The minimum Gasteiger partial charge on any atom is -0.343 e. The first kappa shape index (κ1) is 12.8. The molecule has 0 aliphatic carbocycles. The van der Waals surface area contributed by atoms with Crippen LogP contribution in [0.1, 0.15) is 17.4 Å². The Balaban J connectivity index is 2.19. The molecule has 0 aliphatic heterocycles. The zero-order valence-electron chi connectivity index (χ0n) is 9.65. The maximum absolute atomic E-state index is 12.7. The monoisotopic (exact) mass is 311 g/mol. The number of anilines is 1. The van der Waals surface area contributed by atoms with E-state index >= 15 is 0 Å². The van der Waals surface area contributed by atoms with Crippen molar-refractivity contribution in [1.29, 1.82) is 0 Å². The molecule has 2 heterocycles.